The molecule has 0 aliphatic carbocycles. The maximum atomic E-state index is 12.6. The number of rotatable bonds is 6. The number of aromatic nitrogens is 3. The number of nitrogens with zero attached hydrogens (tertiary/aromatic N) is 4. The number of hydrogen-bond donors (Lipinski definition) is 2. The first-order valence-electron chi connectivity index (χ1n) is 8.54. The number of nitrogen functional groups attached to an aromatic ring is 1. The Bertz CT molecular complexity index is 905. The van der Waals surface area contributed by atoms with E-state index in [-0.39, 0.29) is 23.3 Å². The van der Waals surface area contributed by atoms with E-state index < -0.39 is 10.0 Å². The SMILES string of the molecule is CSc1nnc(N)n1CC(=O)Nc1ccc(S(=O)(=O)N2CCCCC2)cc1. The Hall–Kier alpha value is -2.11. The molecule has 146 valence electrons. The lowest BCUT2D eigenvalue weighted by Crippen LogP contribution is -2.35. The summed E-state index contributed by atoms with van der Waals surface area (Å²) in [5.74, 6) is -0.138. The van der Waals surface area contributed by atoms with Gasteiger partial charge in [-0.15, -0.1) is 10.2 Å². The monoisotopic (exact) mass is 410 g/mol. The predicted octanol–water partition coefficient (Wildman–Crippen LogP) is 1.40. The van der Waals surface area contributed by atoms with Gasteiger partial charge in [-0.3, -0.25) is 9.36 Å². The zero-order chi connectivity index (χ0) is 19.4. The summed E-state index contributed by atoms with van der Waals surface area (Å²) in [6.45, 7) is 1.08. The lowest BCUT2D eigenvalue weighted by atomic mass is 10.2. The van der Waals surface area contributed by atoms with E-state index >= 15 is 0 Å². The third-order valence-electron chi connectivity index (χ3n) is 4.32. The van der Waals surface area contributed by atoms with Gasteiger partial charge in [-0.2, -0.15) is 4.31 Å². The van der Waals surface area contributed by atoms with Crippen LogP contribution in [-0.4, -0.2) is 52.7 Å². The molecule has 27 heavy (non-hydrogen) atoms. The van der Waals surface area contributed by atoms with Crippen LogP contribution in [0.25, 0.3) is 0 Å². The van der Waals surface area contributed by atoms with Gasteiger partial charge in [-0.25, -0.2) is 8.42 Å². The van der Waals surface area contributed by atoms with Gasteiger partial charge in [0, 0.05) is 18.8 Å². The number of carbonyl (C=O) groups excluding carboxylic acids is 1. The number of thioether (sulfide) groups is 1. The van der Waals surface area contributed by atoms with Crippen molar-refractivity contribution in [1.82, 2.24) is 19.1 Å². The summed E-state index contributed by atoms with van der Waals surface area (Å²) in [5, 5.41) is 10.9. The normalized spacial score (nSPS) is 15.6. The standard InChI is InChI=1S/C16H22N6O3S2/c1-26-16-20-19-15(17)22(16)11-14(23)18-12-5-7-13(8-6-12)27(24,25)21-9-3-2-4-10-21/h5-8H,2-4,9-11H2,1H3,(H2,17,19)(H,18,23). The molecule has 1 aliphatic rings. The molecule has 11 heteroatoms. The van der Waals surface area contributed by atoms with Gasteiger partial charge in [0.25, 0.3) is 0 Å². The summed E-state index contributed by atoms with van der Waals surface area (Å²) in [5.41, 5.74) is 6.23. The zero-order valence-corrected chi connectivity index (χ0v) is 16.6. The number of amides is 1. The quantitative estimate of drug-likeness (QED) is 0.690. The molecule has 9 nitrogen and oxygen atoms in total. The Balaban J connectivity index is 1.66. The fourth-order valence-corrected chi connectivity index (χ4v) is 4.93. The molecule has 0 saturated carbocycles. The van der Waals surface area contributed by atoms with Crippen molar-refractivity contribution in [2.45, 2.75) is 35.9 Å². The van der Waals surface area contributed by atoms with Gasteiger partial charge < -0.3 is 11.1 Å². The largest absolute Gasteiger partial charge is 0.368 e. The van der Waals surface area contributed by atoms with E-state index in [0.29, 0.717) is 23.9 Å². The summed E-state index contributed by atoms with van der Waals surface area (Å²) < 4.78 is 28.3. The fourth-order valence-electron chi connectivity index (χ4n) is 2.91. The van der Waals surface area contributed by atoms with Crippen LogP contribution in [0.4, 0.5) is 11.6 Å². The molecule has 1 aromatic carbocycles. The van der Waals surface area contributed by atoms with Crippen LogP contribution in [0.1, 0.15) is 19.3 Å². The molecule has 1 saturated heterocycles. The van der Waals surface area contributed by atoms with E-state index in [1.165, 1.54) is 32.8 Å². The average Bonchev–Trinajstić information content (AvgIpc) is 3.02. The van der Waals surface area contributed by atoms with Gasteiger partial charge in [0.2, 0.25) is 21.9 Å². The summed E-state index contributed by atoms with van der Waals surface area (Å²) in [7, 11) is -3.48. The summed E-state index contributed by atoms with van der Waals surface area (Å²) in [4.78, 5) is 12.5. The van der Waals surface area contributed by atoms with Gasteiger partial charge in [0.1, 0.15) is 6.54 Å². The first-order valence-corrected chi connectivity index (χ1v) is 11.2. The third-order valence-corrected chi connectivity index (χ3v) is 6.90. The molecule has 0 atom stereocenters. The van der Waals surface area contributed by atoms with Crippen LogP contribution in [0.15, 0.2) is 34.3 Å². The van der Waals surface area contributed by atoms with Gasteiger partial charge in [0.05, 0.1) is 4.90 Å². The van der Waals surface area contributed by atoms with Crippen LogP contribution < -0.4 is 11.1 Å². The second-order valence-electron chi connectivity index (χ2n) is 6.17. The van der Waals surface area contributed by atoms with Crippen molar-refractivity contribution in [2.24, 2.45) is 0 Å². The molecule has 2 heterocycles. The summed E-state index contributed by atoms with van der Waals surface area (Å²) >= 11 is 1.34. The molecular formula is C16H22N6O3S2. The van der Waals surface area contributed by atoms with E-state index in [4.69, 9.17) is 5.73 Å². The second-order valence-corrected chi connectivity index (χ2v) is 8.88. The zero-order valence-electron chi connectivity index (χ0n) is 15.0. The van der Waals surface area contributed by atoms with E-state index in [2.05, 4.69) is 15.5 Å². The van der Waals surface area contributed by atoms with E-state index in [9.17, 15) is 13.2 Å². The molecule has 1 amide bonds. The van der Waals surface area contributed by atoms with Crippen molar-refractivity contribution >= 4 is 39.3 Å². The van der Waals surface area contributed by atoms with Crippen LogP contribution in [-0.2, 0) is 21.4 Å². The smallest absolute Gasteiger partial charge is 0.244 e. The first-order chi connectivity index (χ1) is 12.9. The highest BCUT2D eigenvalue weighted by Gasteiger charge is 2.25. The molecule has 1 aromatic heterocycles. The Morgan fingerprint density at radius 1 is 1.19 bits per heavy atom. The minimum absolute atomic E-state index is 0.0250. The van der Waals surface area contributed by atoms with Gasteiger partial charge in [-0.05, 0) is 43.4 Å². The summed E-state index contributed by atoms with van der Waals surface area (Å²) in [6.07, 6.45) is 4.65. The van der Waals surface area contributed by atoms with Crippen molar-refractivity contribution in [1.29, 1.82) is 0 Å². The van der Waals surface area contributed by atoms with E-state index in [0.717, 1.165) is 19.3 Å². The molecule has 3 N–H and O–H groups in total. The minimum Gasteiger partial charge on any atom is -0.368 e. The lowest BCUT2D eigenvalue weighted by molar-refractivity contribution is -0.116. The average molecular weight is 411 g/mol. The van der Waals surface area contributed by atoms with Crippen molar-refractivity contribution in [3.8, 4) is 0 Å². The lowest BCUT2D eigenvalue weighted by Gasteiger charge is -2.25. The van der Waals surface area contributed by atoms with E-state index in [1.807, 2.05) is 6.26 Å². The van der Waals surface area contributed by atoms with Crippen molar-refractivity contribution in [3.63, 3.8) is 0 Å². The number of benzene rings is 1. The van der Waals surface area contributed by atoms with Crippen LogP contribution in [0.3, 0.4) is 0 Å². The number of piperidine rings is 1. The number of sulfonamides is 1. The highest BCUT2D eigenvalue weighted by molar-refractivity contribution is 7.98. The fraction of sp³-hybridized carbons (Fsp3) is 0.438. The number of nitrogens with two attached hydrogens (primary N) is 1. The highest BCUT2D eigenvalue weighted by atomic mass is 32.2. The van der Waals surface area contributed by atoms with Gasteiger partial charge in [0.15, 0.2) is 5.16 Å². The highest BCUT2D eigenvalue weighted by Crippen LogP contribution is 2.22. The molecule has 3 rings (SSSR count). The number of nitrogens with one attached hydrogen (secondary N) is 1. The van der Waals surface area contributed by atoms with Crippen LogP contribution >= 0.6 is 11.8 Å². The summed E-state index contributed by atoms with van der Waals surface area (Å²) in [6, 6.07) is 6.19. The number of carbonyl (C=O) groups is 1. The molecule has 0 bridgehead atoms. The van der Waals surface area contributed by atoms with Gasteiger partial charge >= 0.3 is 0 Å². The maximum Gasteiger partial charge on any atom is 0.244 e. The Labute approximate surface area is 162 Å². The van der Waals surface area contributed by atoms with E-state index in [1.54, 1.807) is 12.1 Å². The third kappa shape index (κ3) is 4.42. The molecule has 0 spiro atoms. The number of anilines is 2. The van der Waals surface area contributed by atoms with Crippen molar-refractivity contribution in [3.05, 3.63) is 24.3 Å². The Kier molecular flexibility index (Phi) is 6.02. The second kappa shape index (κ2) is 8.28. The molecule has 1 aliphatic heterocycles. The molecule has 0 unspecified atom stereocenters. The van der Waals surface area contributed by atoms with Crippen LogP contribution in [0.2, 0.25) is 0 Å². The molecule has 0 radical (unpaired) electrons. The minimum atomic E-state index is -3.48. The predicted molar refractivity (Wildman–Crippen MR) is 104 cm³/mol. The Morgan fingerprint density at radius 2 is 1.85 bits per heavy atom. The number of hydrogen-bond acceptors (Lipinski definition) is 7. The van der Waals surface area contributed by atoms with Crippen LogP contribution in [0, 0.1) is 0 Å². The van der Waals surface area contributed by atoms with Crippen LogP contribution in [0.5, 0.6) is 0 Å². The van der Waals surface area contributed by atoms with Crippen molar-refractivity contribution < 1.29 is 13.2 Å². The maximum absolute atomic E-state index is 12.6. The first kappa shape index (κ1) is 19.6. The topological polar surface area (TPSA) is 123 Å². The molecule has 1 fully saturated rings. The Morgan fingerprint density at radius 3 is 2.48 bits per heavy atom. The molecular weight excluding hydrogens is 388 g/mol. The van der Waals surface area contributed by atoms with Crippen molar-refractivity contribution in [2.75, 3.05) is 30.4 Å². The molecule has 2 aromatic rings. The van der Waals surface area contributed by atoms with Gasteiger partial charge in [-0.1, -0.05) is 18.2 Å².